The van der Waals surface area contributed by atoms with Gasteiger partial charge in [-0.1, -0.05) is 13.8 Å². The molecule has 0 fully saturated rings. The highest BCUT2D eigenvalue weighted by molar-refractivity contribution is 5.16. The van der Waals surface area contributed by atoms with Crippen molar-refractivity contribution in [1.29, 1.82) is 0 Å². The Hall–Kier alpha value is -0.830. The molecule has 0 unspecified atom stereocenters. The van der Waals surface area contributed by atoms with Crippen LogP contribution in [-0.2, 0) is 5.41 Å². The summed E-state index contributed by atoms with van der Waals surface area (Å²) < 4.78 is 0. The highest BCUT2D eigenvalue weighted by Gasteiger charge is 2.22. The lowest BCUT2D eigenvalue weighted by molar-refractivity contribution is 0.250. The Morgan fingerprint density at radius 2 is 2.25 bits per heavy atom. The second-order valence-corrected chi connectivity index (χ2v) is 3.79. The van der Waals surface area contributed by atoms with Crippen molar-refractivity contribution in [3.63, 3.8) is 0 Å². The van der Waals surface area contributed by atoms with Gasteiger partial charge < -0.3 is 5.11 Å². The number of aliphatic hydroxyl groups excluding tert-OH is 1. The topological polar surface area (TPSA) is 48.9 Å². The minimum absolute atomic E-state index is 0.0283. The number of nitrogens with zero attached hydrogens (tertiary/aromatic N) is 1. The summed E-state index contributed by atoms with van der Waals surface area (Å²) in [6.07, 6.45) is 0.747. The third-order valence-corrected chi connectivity index (χ3v) is 2.14. The molecule has 0 aliphatic rings. The molecule has 0 saturated heterocycles. The van der Waals surface area contributed by atoms with Crippen LogP contribution < -0.4 is 0 Å². The van der Waals surface area contributed by atoms with Gasteiger partial charge in [-0.25, -0.2) is 0 Å². The molecule has 1 heterocycles. The zero-order chi connectivity index (χ0) is 9.19. The number of nitrogens with one attached hydrogen (secondary N) is 1. The van der Waals surface area contributed by atoms with E-state index >= 15 is 0 Å². The molecule has 3 heteroatoms. The van der Waals surface area contributed by atoms with Gasteiger partial charge in [-0.3, -0.25) is 5.10 Å². The third kappa shape index (κ3) is 1.85. The molecule has 3 nitrogen and oxygen atoms in total. The highest BCUT2D eigenvalue weighted by Crippen LogP contribution is 2.24. The number of aryl methyl sites for hydroxylation is 1. The van der Waals surface area contributed by atoms with Crippen LogP contribution in [0.2, 0.25) is 0 Å². The zero-order valence-corrected chi connectivity index (χ0v) is 7.89. The average Bonchev–Trinajstić information content (AvgIpc) is 2.36. The molecular formula is C9H16N2O. The fraction of sp³-hybridized carbons (Fsp3) is 0.667. The standard InChI is InChI=1S/C9H16N2O/c1-7-6-8(11-10-7)9(2,3)4-5-12/h6,12H,4-5H2,1-3H3,(H,10,11). The van der Waals surface area contributed by atoms with Gasteiger partial charge in [-0.2, -0.15) is 5.10 Å². The number of aromatic amines is 1. The molecule has 0 bridgehead atoms. The minimum atomic E-state index is -0.0283. The van der Waals surface area contributed by atoms with E-state index in [1.54, 1.807) is 0 Å². The van der Waals surface area contributed by atoms with E-state index in [2.05, 4.69) is 24.0 Å². The fourth-order valence-electron chi connectivity index (χ4n) is 1.17. The fourth-order valence-corrected chi connectivity index (χ4v) is 1.17. The Morgan fingerprint density at radius 3 is 2.67 bits per heavy atom. The molecule has 0 radical (unpaired) electrons. The van der Waals surface area contributed by atoms with Crippen LogP contribution in [0.25, 0.3) is 0 Å². The van der Waals surface area contributed by atoms with Crippen LogP contribution in [-0.4, -0.2) is 21.9 Å². The first kappa shape index (κ1) is 9.26. The maximum atomic E-state index is 8.83. The number of H-pyrrole nitrogens is 1. The summed E-state index contributed by atoms with van der Waals surface area (Å²) in [4.78, 5) is 0. The van der Waals surface area contributed by atoms with Crippen molar-refractivity contribution in [2.24, 2.45) is 0 Å². The van der Waals surface area contributed by atoms with Crippen LogP contribution in [0.4, 0.5) is 0 Å². The van der Waals surface area contributed by atoms with Crippen LogP contribution in [0.3, 0.4) is 0 Å². The van der Waals surface area contributed by atoms with Crippen LogP contribution in [0, 0.1) is 6.92 Å². The lowest BCUT2D eigenvalue weighted by atomic mass is 9.86. The lowest BCUT2D eigenvalue weighted by Crippen LogP contribution is -2.19. The number of rotatable bonds is 3. The highest BCUT2D eigenvalue weighted by atomic mass is 16.3. The zero-order valence-electron chi connectivity index (χ0n) is 7.89. The van der Waals surface area contributed by atoms with Gasteiger partial charge in [0, 0.05) is 17.7 Å². The Labute approximate surface area is 72.8 Å². The van der Waals surface area contributed by atoms with Crippen molar-refractivity contribution in [2.75, 3.05) is 6.61 Å². The normalized spacial score (nSPS) is 12.0. The summed E-state index contributed by atoms with van der Waals surface area (Å²) in [6, 6.07) is 2.02. The molecule has 12 heavy (non-hydrogen) atoms. The minimum Gasteiger partial charge on any atom is -0.396 e. The SMILES string of the molecule is Cc1cc(C(C)(C)CCO)n[nH]1. The molecular weight excluding hydrogens is 152 g/mol. The van der Waals surface area contributed by atoms with Gasteiger partial charge in [0.1, 0.15) is 0 Å². The Morgan fingerprint density at radius 1 is 1.58 bits per heavy atom. The van der Waals surface area contributed by atoms with Crippen molar-refractivity contribution in [3.05, 3.63) is 17.5 Å². The van der Waals surface area contributed by atoms with Gasteiger partial charge in [-0.05, 0) is 19.4 Å². The molecule has 1 aromatic rings. The Bertz CT molecular complexity index is 253. The quantitative estimate of drug-likeness (QED) is 0.716. The average molecular weight is 168 g/mol. The Kier molecular flexibility index (Phi) is 2.52. The number of aromatic nitrogens is 2. The van der Waals surface area contributed by atoms with E-state index in [-0.39, 0.29) is 12.0 Å². The predicted molar refractivity (Wildman–Crippen MR) is 48.1 cm³/mol. The van der Waals surface area contributed by atoms with Gasteiger partial charge in [0.05, 0.1) is 5.69 Å². The van der Waals surface area contributed by atoms with Crippen LogP contribution in [0.1, 0.15) is 31.7 Å². The molecule has 0 aliphatic carbocycles. The molecule has 2 N–H and O–H groups in total. The van der Waals surface area contributed by atoms with Gasteiger partial charge >= 0.3 is 0 Å². The smallest absolute Gasteiger partial charge is 0.0681 e. The first-order valence-electron chi connectivity index (χ1n) is 4.19. The summed E-state index contributed by atoms with van der Waals surface area (Å²) >= 11 is 0. The second kappa shape index (κ2) is 3.27. The van der Waals surface area contributed by atoms with E-state index in [0.717, 1.165) is 17.8 Å². The van der Waals surface area contributed by atoms with E-state index in [4.69, 9.17) is 5.11 Å². The number of hydrogen-bond acceptors (Lipinski definition) is 2. The molecule has 0 aliphatic heterocycles. The number of aliphatic hydroxyl groups is 1. The van der Waals surface area contributed by atoms with Crippen LogP contribution in [0.15, 0.2) is 6.07 Å². The van der Waals surface area contributed by atoms with Crippen molar-refractivity contribution in [2.45, 2.75) is 32.6 Å². The molecule has 0 saturated carbocycles. The molecule has 0 atom stereocenters. The first-order chi connectivity index (χ1) is 5.56. The predicted octanol–water partition coefficient (Wildman–Crippen LogP) is 1.38. The molecule has 68 valence electrons. The summed E-state index contributed by atoms with van der Waals surface area (Å²) in [5.74, 6) is 0. The van der Waals surface area contributed by atoms with Gasteiger partial charge in [-0.15, -0.1) is 0 Å². The van der Waals surface area contributed by atoms with E-state index < -0.39 is 0 Å². The monoisotopic (exact) mass is 168 g/mol. The van der Waals surface area contributed by atoms with Gasteiger partial charge in [0.2, 0.25) is 0 Å². The molecule has 0 spiro atoms. The first-order valence-corrected chi connectivity index (χ1v) is 4.19. The van der Waals surface area contributed by atoms with E-state index in [1.807, 2.05) is 13.0 Å². The molecule has 1 rings (SSSR count). The largest absolute Gasteiger partial charge is 0.396 e. The summed E-state index contributed by atoms with van der Waals surface area (Å²) in [5.41, 5.74) is 2.06. The second-order valence-electron chi connectivity index (χ2n) is 3.79. The van der Waals surface area contributed by atoms with Gasteiger partial charge in [0.15, 0.2) is 0 Å². The maximum Gasteiger partial charge on any atom is 0.0681 e. The van der Waals surface area contributed by atoms with E-state index in [9.17, 15) is 0 Å². The van der Waals surface area contributed by atoms with Gasteiger partial charge in [0.25, 0.3) is 0 Å². The van der Waals surface area contributed by atoms with Crippen molar-refractivity contribution >= 4 is 0 Å². The summed E-state index contributed by atoms with van der Waals surface area (Å²) in [5, 5.41) is 15.9. The van der Waals surface area contributed by atoms with Crippen LogP contribution in [0.5, 0.6) is 0 Å². The lowest BCUT2D eigenvalue weighted by Gasteiger charge is -2.20. The molecule has 1 aromatic heterocycles. The van der Waals surface area contributed by atoms with Crippen molar-refractivity contribution < 1.29 is 5.11 Å². The summed E-state index contributed by atoms with van der Waals surface area (Å²) in [6.45, 7) is 6.35. The van der Waals surface area contributed by atoms with E-state index in [0.29, 0.717) is 0 Å². The van der Waals surface area contributed by atoms with Crippen LogP contribution >= 0.6 is 0 Å². The molecule has 0 aromatic carbocycles. The molecule has 0 amide bonds. The van der Waals surface area contributed by atoms with Crippen molar-refractivity contribution in [3.8, 4) is 0 Å². The summed E-state index contributed by atoms with van der Waals surface area (Å²) in [7, 11) is 0. The van der Waals surface area contributed by atoms with E-state index in [1.165, 1.54) is 0 Å². The number of hydrogen-bond donors (Lipinski definition) is 2. The van der Waals surface area contributed by atoms with Crippen molar-refractivity contribution in [1.82, 2.24) is 10.2 Å². The maximum absolute atomic E-state index is 8.83. The Balaban J connectivity index is 2.81. The third-order valence-electron chi connectivity index (χ3n) is 2.14.